The summed E-state index contributed by atoms with van der Waals surface area (Å²) >= 11 is 3.27. The molecule has 13 heavy (non-hydrogen) atoms. The molecule has 5 heteroatoms. The van der Waals surface area contributed by atoms with Crippen molar-refractivity contribution in [2.24, 2.45) is 5.18 Å². The van der Waals surface area contributed by atoms with Crippen LogP contribution >= 0.6 is 15.9 Å². The maximum atomic E-state index is 10.4. The highest BCUT2D eigenvalue weighted by Gasteiger charge is 2.13. The van der Waals surface area contributed by atoms with Crippen molar-refractivity contribution in [3.63, 3.8) is 0 Å². The second-order valence-corrected chi connectivity index (χ2v) is 3.43. The summed E-state index contributed by atoms with van der Waals surface area (Å²) in [7, 11) is 0. The number of aromatic nitrogens is 1. The van der Waals surface area contributed by atoms with Gasteiger partial charge in [-0.25, -0.2) is 0 Å². The molecule has 1 heterocycles. The molecule has 0 aliphatic rings. The number of rotatable bonds is 1. The zero-order valence-corrected chi connectivity index (χ0v) is 8.00. The number of nitroso groups, excluding NO2 is 1. The van der Waals surface area contributed by atoms with Gasteiger partial charge in [0.05, 0.1) is 5.52 Å². The van der Waals surface area contributed by atoms with Crippen LogP contribution in [0.3, 0.4) is 0 Å². The molecule has 0 spiro atoms. The Morgan fingerprint density at radius 2 is 2.23 bits per heavy atom. The van der Waals surface area contributed by atoms with Crippen LogP contribution in [-0.4, -0.2) is 10.1 Å². The van der Waals surface area contributed by atoms with Gasteiger partial charge in [-0.1, -0.05) is 22.0 Å². The molecule has 0 aliphatic carbocycles. The fourth-order valence-corrected chi connectivity index (χ4v) is 1.82. The van der Waals surface area contributed by atoms with Gasteiger partial charge in [-0.2, -0.15) is 0 Å². The highest BCUT2D eigenvalue weighted by Crippen LogP contribution is 2.38. The van der Waals surface area contributed by atoms with Gasteiger partial charge in [0.15, 0.2) is 5.69 Å². The lowest BCUT2D eigenvalue weighted by molar-refractivity contribution is 0.460. The van der Waals surface area contributed by atoms with Crippen LogP contribution in [0.5, 0.6) is 5.88 Å². The highest BCUT2D eigenvalue weighted by molar-refractivity contribution is 9.10. The first-order chi connectivity index (χ1) is 6.24. The Hall–Kier alpha value is -1.36. The lowest BCUT2D eigenvalue weighted by atomic mass is 10.2. The Labute approximate surface area is 81.7 Å². The minimum absolute atomic E-state index is 0.0440. The van der Waals surface area contributed by atoms with E-state index in [1.54, 1.807) is 18.2 Å². The largest absolute Gasteiger partial charge is 0.493 e. The van der Waals surface area contributed by atoms with E-state index in [0.29, 0.717) is 10.9 Å². The minimum atomic E-state index is -0.197. The summed E-state index contributed by atoms with van der Waals surface area (Å²) in [6.07, 6.45) is 0. The second kappa shape index (κ2) is 2.85. The van der Waals surface area contributed by atoms with E-state index in [9.17, 15) is 10.0 Å². The summed E-state index contributed by atoms with van der Waals surface area (Å²) in [5.74, 6) is -0.197. The smallest absolute Gasteiger partial charge is 0.219 e. The van der Waals surface area contributed by atoms with Gasteiger partial charge in [-0.3, -0.25) is 0 Å². The third-order valence-corrected chi connectivity index (χ3v) is 2.48. The minimum Gasteiger partial charge on any atom is -0.493 e. The fourth-order valence-electron chi connectivity index (χ4n) is 1.26. The summed E-state index contributed by atoms with van der Waals surface area (Å²) in [4.78, 5) is 13.1. The number of aromatic amines is 1. The molecule has 1 aromatic heterocycles. The van der Waals surface area contributed by atoms with E-state index in [-0.39, 0.29) is 11.6 Å². The molecule has 0 amide bonds. The molecule has 1 aromatic carbocycles. The van der Waals surface area contributed by atoms with E-state index in [4.69, 9.17) is 0 Å². The maximum absolute atomic E-state index is 10.4. The number of aromatic hydroxyl groups is 1. The highest BCUT2D eigenvalue weighted by atomic mass is 79.9. The van der Waals surface area contributed by atoms with E-state index in [0.717, 1.165) is 4.47 Å². The summed E-state index contributed by atoms with van der Waals surface area (Å²) < 4.78 is 0.733. The monoisotopic (exact) mass is 240 g/mol. The standard InChI is InChI=1S/C8H5BrN2O2/c9-4-2-1-3-5-6(4)7(11-13)8(12)10-5/h1-3,10,12H. The van der Waals surface area contributed by atoms with Crippen molar-refractivity contribution < 1.29 is 5.11 Å². The summed E-state index contributed by atoms with van der Waals surface area (Å²) in [6, 6.07) is 5.34. The Kier molecular flexibility index (Phi) is 1.81. The molecule has 4 nitrogen and oxygen atoms in total. The fraction of sp³-hybridized carbons (Fsp3) is 0. The summed E-state index contributed by atoms with van der Waals surface area (Å²) in [5.41, 5.74) is 0.726. The first kappa shape index (κ1) is 8.25. The number of benzene rings is 1. The molecule has 2 rings (SSSR count). The molecular weight excluding hydrogens is 236 g/mol. The van der Waals surface area contributed by atoms with Crippen LogP contribution in [0, 0.1) is 4.91 Å². The van der Waals surface area contributed by atoms with Crippen LogP contribution < -0.4 is 0 Å². The summed E-state index contributed by atoms with van der Waals surface area (Å²) in [5, 5.41) is 12.7. The molecule has 0 fully saturated rings. The number of H-pyrrole nitrogens is 1. The van der Waals surface area contributed by atoms with Crippen molar-refractivity contribution in [1.29, 1.82) is 0 Å². The van der Waals surface area contributed by atoms with Crippen molar-refractivity contribution in [2.75, 3.05) is 0 Å². The van der Waals surface area contributed by atoms with E-state index >= 15 is 0 Å². The number of nitrogens with zero attached hydrogens (tertiary/aromatic N) is 1. The molecule has 0 atom stereocenters. The SMILES string of the molecule is O=Nc1c(O)[nH]c2cccc(Br)c12. The van der Waals surface area contributed by atoms with Gasteiger partial charge in [0.1, 0.15) is 0 Å². The Balaban J connectivity index is 2.96. The molecule has 2 N–H and O–H groups in total. The summed E-state index contributed by atoms with van der Waals surface area (Å²) in [6.45, 7) is 0. The van der Waals surface area contributed by atoms with E-state index in [2.05, 4.69) is 26.1 Å². The Morgan fingerprint density at radius 3 is 2.92 bits per heavy atom. The van der Waals surface area contributed by atoms with Crippen molar-refractivity contribution >= 4 is 32.5 Å². The molecular formula is C8H5BrN2O2. The predicted molar refractivity (Wildman–Crippen MR) is 53.1 cm³/mol. The number of nitrogens with one attached hydrogen (secondary N) is 1. The van der Waals surface area contributed by atoms with E-state index in [1.807, 2.05) is 0 Å². The lowest BCUT2D eigenvalue weighted by Gasteiger charge is -1.91. The third kappa shape index (κ3) is 1.12. The predicted octanol–water partition coefficient (Wildman–Crippen LogP) is 3.03. The average Bonchev–Trinajstić information content (AvgIpc) is 2.42. The molecule has 0 unspecified atom stereocenters. The normalized spacial score (nSPS) is 10.5. The van der Waals surface area contributed by atoms with E-state index < -0.39 is 0 Å². The van der Waals surface area contributed by atoms with Gasteiger partial charge in [-0.05, 0) is 17.3 Å². The zero-order valence-electron chi connectivity index (χ0n) is 6.41. The molecule has 0 radical (unpaired) electrons. The number of fused-ring (bicyclic) bond motifs is 1. The van der Waals surface area contributed by atoms with Crippen molar-refractivity contribution in [2.45, 2.75) is 0 Å². The lowest BCUT2D eigenvalue weighted by Crippen LogP contribution is -1.67. The van der Waals surface area contributed by atoms with Crippen LogP contribution in [0.4, 0.5) is 5.69 Å². The number of halogens is 1. The van der Waals surface area contributed by atoms with Crippen LogP contribution in [-0.2, 0) is 0 Å². The molecule has 2 aromatic rings. The Morgan fingerprint density at radius 1 is 1.46 bits per heavy atom. The number of hydrogen-bond acceptors (Lipinski definition) is 3. The van der Waals surface area contributed by atoms with E-state index in [1.165, 1.54) is 0 Å². The van der Waals surface area contributed by atoms with Crippen LogP contribution in [0.2, 0.25) is 0 Å². The molecule has 0 aliphatic heterocycles. The molecule has 0 saturated carbocycles. The van der Waals surface area contributed by atoms with Crippen molar-refractivity contribution in [3.05, 3.63) is 27.6 Å². The van der Waals surface area contributed by atoms with Gasteiger partial charge in [0.25, 0.3) is 0 Å². The van der Waals surface area contributed by atoms with Crippen LogP contribution in [0.25, 0.3) is 10.9 Å². The maximum Gasteiger partial charge on any atom is 0.219 e. The quantitative estimate of drug-likeness (QED) is 0.753. The second-order valence-electron chi connectivity index (χ2n) is 2.58. The third-order valence-electron chi connectivity index (χ3n) is 1.82. The van der Waals surface area contributed by atoms with Gasteiger partial charge >= 0.3 is 0 Å². The molecule has 0 bridgehead atoms. The van der Waals surface area contributed by atoms with Crippen LogP contribution in [0.1, 0.15) is 0 Å². The van der Waals surface area contributed by atoms with Gasteiger partial charge in [0.2, 0.25) is 5.88 Å². The Bertz CT molecular complexity index is 478. The number of hydrogen-bond donors (Lipinski definition) is 2. The molecule has 0 saturated heterocycles. The zero-order chi connectivity index (χ0) is 9.42. The van der Waals surface area contributed by atoms with Crippen molar-refractivity contribution in [1.82, 2.24) is 4.98 Å². The van der Waals surface area contributed by atoms with Gasteiger partial charge in [0, 0.05) is 9.86 Å². The first-order valence-electron chi connectivity index (χ1n) is 3.56. The van der Waals surface area contributed by atoms with Crippen LogP contribution in [0.15, 0.2) is 27.8 Å². The topological polar surface area (TPSA) is 65.4 Å². The van der Waals surface area contributed by atoms with Gasteiger partial charge < -0.3 is 10.1 Å². The first-order valence-corrected chi connectivity index (χ1v) is 4.36. The average molecular weight is 241 g/mol. The van der Waals surface area contributed by atoms with Gasteiger partial charge in [-0.15, -0.1) is 4.91 Å². The van der Waals surface area contributed by atoms with Crippen molar-refractivity contribution in [3.8, 4) is 5.88 Å². The molecule has 66 valence electrons.